The number of hydrogen-bond donors (Lipinski definition) is 2. The van der Waals surface area contributed by atoms with Crippen LogP contribution < -0.4 is 15.8 Å². The molecular formula is C26H20Cl2F3N7O3S. The zero-order valence-electron chi connectivity index (χ0n) is 21.8. The van der Waals surface area contributed by atoms with Crippen molar-refractivity contribution in [3.63, 3.8) is 0 Å². The van der Waals surface area contributed by atoms with E-state index in [1.165, 1.54) is 23.0 Å². The van der Waals surface area contributed by atoms with Gasteiger partial charge in [-0.1, -0.05) is 23.2 Å². The van der Waals surface area contributed by atoms with Gasteiger partial charge in [0.2, 0.25) is 0 Å². The van der Waals surface area contributed by atoms with Gasteiger partial charge in [-0.25, -0.2) is 9.67 Å². The molecule has 0 bridgehead atoms. The lowest BCUT2D eigenvalue weighted by atomic mass is 10.0. The van der Waals surface area contributed by atoms with Crippen LogP contribution in [0.5, 0.6) is 5.75 Å². The first-order valence-corrected chi connectivity index (χ1v) is 13.7. The lowest BCUT2D eigenvalue weighted by Gasteiger charge is -2.11. The van der Waals surface area contributed by atoms with Crippen LogP contribution in [0.4, 0.5) is 18.9 Å². The Morgan fingerprint density at radius 1 is 1.12 bits per heavy atom. The van der Waals surface area contributed by atoms with Crippen molar-refractivity contribution in [2.75, 3.05) is 5.32 Å². The molecule has 10 nitrogen and oxygen atoms in total. The van der Waals surface area contributed by atoms with E-state index >= 15 is 0 Å². The minimum atomic E-state index is -4.77. The van der Waals surface area contributed by atoms with E-state index in [-0.39, 0.29) is 43.8 Å². The number of nitrogens with one attached hydrogen (secondary N) is 1. The van der Waals surface area contributed by atoms with Crippen LogP contribution in [0.3, 0.4) is 0 Å². The highest BCUT2D eigenvalue weighted by molar-refractivity contribution is 7.21. The van der Waals surface area contributed by atoms with Crippen LogP contribution in [-0.2, 0) is 19.5 Å². The second-order valence-electron chi connectivity index (χ2n) is 8.93. The Kier molecular flexibility index (Phi) is 7.88. The molecule has 0 saturated heterocycles. The Morgan fingerprint density at radius 2 is 1.88 bits per heavy atom. The van der Waals surface area contributed by atoms with Gasteiger partial charge in [0, 0.05) is 34.9 Å². The summed E-state index contributed by atoms with van der Waals surface area (Å²) in [4.78, 5) is 29.1. The van der Waals surface area contributed by atoms with Gasteiger partial charge in [-0.05, 0) is 49.7 Å². The number of anilines is 1. The number of benzene rings is 1. The molecule has 1 aromatic carbocycles. The fourth-order valence-electron chi connectivity index (χ4n) is 4.15. The van der Waals surface area contributed by atoms with Gasteiger partial charge in [-0.3, -0.25) is 14.3 Å². The fraction of sp³-hybridized carbons (Fsp3) is 0.192. The normalized spacial score (nSPS) is 11.7. The first-order valence-electron chi connectivity index (χ1n) is 12.2. The van der Waals surface area contributed by atoms with Gasteiger partial charge in [0.05, 0.1) is 16.4 Å². The second kappa shape index (κ2) is 11.3. The molecule has 0 aliphatic carbocycles. The Hall–Kier alpha value is -4.14. The van der Waals surface area contributed by atoms with E-state index < -0.39 is 23.7 Å². The first kappa shape index (κ1) is 29.4. The van der Waals surface area contributed by atoms with Crippen LogP contribution in [0.15, 0.2) is 42.7 Å². The zero-order chi connectivity index (χ0) is 30.3. The predicted molar refractivity (Wildman–Crippen MR) is 152 cm³/mol. The molecule has 0 saturated carbocycles. The van der Waals surface area contributed by atoms with E-state index in [0.29, 0.717) is 39.9 Å². The first-order chi connectivity index (χ1) is 19.8. The van der Waals surface area contributed by atoms with E-state index in [4.69, 9.17) is 33.7 Å². The van der Waals surface area contributed by atoms with Crippen molar-refractivity contribution >= 4 is 62.3 Å². The number of ether oxygens (including phenoxy) is 1. The highest BCUT2D eigenvalue weighted by atomic mass is 35.5. The van der Waals surface area contributed by atoms with Gasteiger partial charge in [0.15, 0.2) is 12.4 Å². The van der Waals surface area contributed by atoms with Gasteiger partial charge >= 0.3 is 6.18 Å². The van der Waals surface area contributed by atoms with Crippen molar-refractivity contribution in [3.8, 4) is 16.9 Å². The van der Waals surface area contributed by atoms with Crippen molar-refractivity contribution < 1.29 is 27.5 Å². The number of alkyl halides is 3. The summed E-state index contributed by atoms with van der Waals surface area (Å²) in [6, 6.07) is 6.96. The molecule has 3 N–H and O–H groups in total. The zero-order valence-corrected chi connectivity index (χ0v) is 24.1. The molecule has 0 radical (unpaired) electrons. The monoisotopic (exact) mass is 637 g/mol. The number of nitrogens with zero attached hydrogens (tertiary/aromatic N) is 5. The van der Waals surface area contributed by atoms with Crippen molar-refractivity contribution in [1.82, 2.24) is 24.5 Å². The molecular weight excluding hydrogens is 618 g/mol. The number of carbonyl (C=O) groups is 2. The van der Waals surface area contributed by atoms with Crippen LogP contribution in [0.25, 0.3) is 21.3 Å². The van der Waals surface area contributed by atoms with Gasteiger partial charge in [0.1, 0.15) is 21.2 Å². The number of fused-ring (bicyclic) bond motifs is 1. The summed E-state index contributed by atoms with van der Waals surface area (Å²) in [5.41, 5.74) is 5.18. The molecule has 0 atom stereocenters. The standard InChI is InChI=1S/C26H20Cl2F3N7O3S/c1-3-37-10-15(12(2)35-37)14-9-19(26(29,30)31)33-25-20(14)21(22(42-25)23(32)39)34-24(40)17-6-7-38(36-17)11-41-18-5-4-13(27)8-16(18)28/h4-10H,3,11H2,1-2H3,(H2,32,39)(H,34,40). The summed E-state index contributed by atoms with van der Waals surface area (Å²) in [6.45, 7) is 3.84. The van der Waals surface area contributed by atoms with Crippen molar-refractivity contribution in [1.29, 1.82) is 0 Å². The minimum absolute atomic E-state index is 0.0630. The topological polar surface area (TPSA) is 130 Å². The number of amides is 2. The average molecular weight is 638 g/mol. The highest BCUT2D eigenvalue weighted by Crippen LogP contribution is 2.44. The molecule has 0 aliphatic rings. The average Bonchev–Trinajstić information content (AvgIpc) is 3.64. The summed E-state index contributed by atoms with van der Waals surface area (Å²) in [6.07, 6.45) is -1.71. The van der Waals surface area contributed by atoms with Crippen LogP contribution in [0.1, 0.15) is 38.5 Å². The van der Waals surface area contributed by atoms with E-state index in [2.05, 4.69) is 20.5 Å². The van der Waals surface area contributed by atoms with E-state index in [1.807, 2.05) is 6.92 Å². The molecule has 5 rings (SSSR count). The number of pyridine rings is 1. The van der Waals surface area contributed by atoms with Crippen LogP contribution in [0.2, 0.25) is 10.0 Å². The number of aromatic nitrogens is 5. The fourth-order valence-corrected chi connectivity index (χ4v) is 5.62. The van der Waals surface area contributed by atoms with Crippen molar-refractivity contribution in [2.24, 2.45) is 5.73 Å². The largest absolute Gasteiger partial charge is 0.470 e. The lowest BCUT2D eigenvalue weighted by Crippen LogP contribution is -2.18. The maximum absolute atomic E-state index is 13.8. The maximum atomic E-state index is 13.8. The second-order valence-corrected chi connectivity index (χ2v) is 10.8. The smallest absolute Gasteiger partial charge is 0.433 e. The Morgan fingerprint density at radius 3 is 2.52 bits per heavy atom. The number of carbonyl (C=O) groups excluding carboxylic acids is 2. The predicted octanol–water partition coefficient (Wildman–Crippen LogP) is 6.40. The lowest BCUT2D eigenvalue weighted by molar-refractivity contribution is -0.140. The van der Waals surface area contributed by atoms with Gasteiger partial charge < -0.3 is 15.8 Å². The Bertz CT molecular complexity index is 1850. The SMILES string of the molecule is CCn1cc(-c2cc(C(F)(F)F)nc3sc(C(N)=O)c(NC(=O)c4ccn(COc5ccc(Cl)cc5Cl)n4)c23)c(C)n1. The summed E-state index contributed by atoms with van der Waals surface area (Å²) in [7, 11) is 0. The third-order valence-electron chi connectivity index (χ3n) is 6.09. The van der Waals surface area contributed by atoms with Gasteiger partial charge in [0.25, 0.3) is 11.8 Å². The summed E-state index contributed by atoms with van der Waals surface area (Å²) in [5, 5.41) is 12.0. The molecule has 42 heavy (non-hydrogen) atoms. The van der Waals surface area contributed by atoms with E-state index in [0.717, 1.165) is 6.07 Å². The number of nitrogens with two attached hydrogens (primary N) is 1. The summed E-state index contributed by atoms with van der Waals surface area (Å²) in [5.74, 6) is -1.35. The van der Waals surface area contributed by atoms with Crippen molar-refractivity contribution in [3.05, 3.63) is 74.7 Å². The third kappa shape index (κ3) is 5.78. The van der Waals surface area contributed by atoms with Crippen molar-refractivity contribution in [2.45, 2.75) is 33.3 Å². The van der Waals surface area contributed by atoms with E-state index in [1.54, 1.807) is 29.9 Å². The van der Waals surface area contributed by atoms with Crippen LogP contribution >= 0.6 is 34.5 Å². The maximum Gasteiger partial charge on any atom is 0.433 e. The Balaban J connectivity index is 1.53. The Labute approximate surface area is 249 Å². The molecule has 2 amide bonds. The van der Waals surface area contributed by atoms with Gasteiger partial charge in [-0.15, -0.1) is 11.3 Å². The quantitative estimate of drug-likeness (QED) is 0.202. The van der Waals surface area contributed by atoms with Gasteiger partial charge in [-0.2, -0.15) is 23.4 Å². The molecule has 0 unspecified atom stereocenters. The number of aryl methyl sites for hydroxylation is 2. The number of halogens is 5. The molecule has 4 aromatic heterocycles. The molecule has 218 valence electrons. The van der Waals surface area contributed by atoms with Crippen LogP contribution in [0, 0.1) is 6.92 Å². The van der Waals surface area contributed by atoms with E-state index in [9.17, 15) is 22.8 Å². The summed E-state index contributed by atoms with van der Waals surface area (Å²) < 4.78 is 50.0. The third-order valence-corrected chi connectivity index (χ3v) is 7.72. The molecule has 0 spiro atoms. The highest BCUT2D eigenvalue weighted by Gasteiger charge is 2.35. The van der Waals surface area contributed by atoms with Crippen LogP contribution in [-0.4, -0.2) is 36.4 Å². The minimum Gasteiger partial charge on any atom is -0.470 e. The molecule has 4 heterocycles. The molecule has 5 aromatic rings. The molecule has 0 aliphatic heterocycles. The number of rotatable bonds is 8. The molecule has 0 fully saturated rings. The number of thiophene rings is 1. The summed E-state index contributed by atoms with van der Waals surface area (Å²) >= 11 is 12.7. The number of hydrogen-bond acceptors (Lipinski definition) is 7. The molecule has 16 heteroatoms. The number of primary amides is 1.